The minimum absolute atomic E-state index is 0.403. The Labute approximate surface area is 98.3 Å². The second kappa shape index (κ2) is 4.55. The van der Waals surface area contributed by atoms with Crippen molar-refractivity contribution in [3.05, 3.63) is 42.0 Å². The third-order valence-electron chi connectivity index (χ3n) is 2.33. The van der Waals surface area contributed by atoms with Crippen molar-refractivity contribution in [1.82, 2.24) is 9.78 Å². The van der Waals surface area contributed by atoms with Gasteiger partial charge in [-0.05, 0) is 25.1 Å². The van der Waals surface area contributed by atoms with E-state index in [4.69, 9.17) is 4.74 Å². The number of benzene rings is 1. The summed E-state index contributed by atoms with van der Waals surface area (Å²) in [6, 6.07) is 4.04. The number of halogens is 1. The average Bonchev–Trinajstić information content (AvgIpc) is 2.66. The van der Waals surface area contributed by atoms with Crippen LogP contribution in [0.3, 0.4) is 0 Å². The van der Waals surface area contributed by atoms with Crippen molar-refractivity contribution in [1.29, 1.82) is 0 Å². The summed E-state index contributed by atoms with van der Waals surface area (Å²) in [5.74, 6) is 0.565. The van der Waals surface area contributed by atoms with Gasteiger partial charge < -0.3 is 9.84 Å². The highest BCUT2D eigenvalue weighted by atomic mass is 19.1. The molecule has 1 aromatic heterocycles. The van der Waals surface area contributed by atoms with E-state index in [1.54, 1.807) is 31.0 Å². The SMILES string of the molecule is C[C@@H](O)c1cc(F)ccc1Oc1cnn(C)c1. The second-order valence-corrected chi connectivity index (χ2v) is 3.81. The largest absolute Gasteiger partial charge is 0.454 e. The summed E-state index contributed by atoms with van der Waals surface area (Å²) >= 11 is 0. The van der Waals surface area contributed by atoms with Gasteiger partial charge in [0.25, 0.3) is 0 Å². The molecule has 0 aliphatic heterocycles. The van der Waals surface area contributed by atoms with Gasteiger partial charge >= 0.3 is 0 Å². The average molecular weight is 236 g/mol. The maximum Gasteiger partial charge on any atom is 0.165 e. The first-order valence-corrected chi connectivity index (χ1v) is 5.20. The monoisotopic (exact) mass is 236 g/mol. The zero-order valence-corrected chi connectivity index (χ0v) is 9.59. The van der Waals surface area contributed by atoms with Gasteiger partial charge in [-0.1, -0.05) is 0 Å². The molecule has 0 saturated carbocycles. The molecule has 0 fully saturated rings. The molecule has 1 aromatic carbocycles. The number of ether oxygens (including phenoxy) is 1. The van der Waals surface area contributed by atoms with Crippen LogP contribution in [0.15, 0.2) is 30.6 Å². The first-order valence-electron chi connectivity index (χ1n) is 5.20. The maximum absolute atomic E-state index is 13.1. The van der Waals surface area contributed by atoms with Gasteiger partial charge in [0.2, 0.25) is 0 Å². The molecule has 0 amide bonds. The van der Waals surface area contributed by atoms with Crippen molar-refractivity contribution in [3.8, 4) is 11.5 Å². The van der Waals surface area contributed by atoms with Crippen LogP contribution >= 0.6 is 0 Å². The topological polar surface area (TPSA) is 47.3 Å². The number of aliphatic hydroxyl groups is 1. The lowest BCUT2D eigenvalue weighted by Gasteiger charge is -2.11. The second-order valence-electron chi connectivity index (χ2n) is 3.81. The van der Waals surface area contributed by atoms with E-state index in [0.717, 1.165) is 0 Å². The zero-order valence-electron chi connectivity index (χ0n) is 9.59. The molecule has 0 unspecified atom stereocenters. The van der Waals surface area contributed by atoms with Crippen LogP contribution in [-0.4, -0.2) is 14.9 Å². The van der Waals surface area contributed by atoms with Crippen molar-refractivity contribution in [2.45, 2.75) is 13.0 Å². The summed E-state index contributed by atoms with van der Waals surface area (Å²) in [7, 11) is 1.77. The Morgan fingerprint density at radius 3 is 2.82 bits per heavy atom. The van der Waals surface area contributed by atoms with Crippen LogP contribution in [0.5, 0.6) is 11.5 Å². The first kappa shape index (κ1) is 11.6. The van der Waals surface area contributed by atoms with Crippen molar-refractivity contribution in [2.75, 3.05) is 0 Å². The number of rotatable bonds is 3. The standard InChI is InChI=1S/C12H13FN2O2/c1-8(16)11-5-9(13)3-4-12(11)17-10-6-14-15(2)7-10/h3-8,16H,1-2H3/t8-/m1/s1. The van der Waals surface area contributed by atoms with Gasteiger partial charge in [-0.25, -0.2) is 4.39 Å². The quantitative estimate of drug-likeness (QED) is 0.890. The first-order chi connectivity index (χ1) is 8.06. The zero-order chi connectivity index (χ0) is 12.4. The van der Waals surface area contributed by atoms with E-state index in [1.165, 1.54) is 18.2 Å². The predicted octanol–water partition coefficient (Wildman–Crippen LogP) is 2.40. The van der Waals surface area contributed by atoms with Crippen LogP contribution in [0.2, 0.25) is 0 Å². The number of hydrogen-bond donors (Lipinski definition) is 1. The van der Waals surface area contributed by atoms with E-state index >= 15 is 0 Å². The maximum atomic E-state index is 13.1. The van der Waals surface area contributed by atoms with Crippen LogP contribution in [0.1, 0.15) is 18.6 Å². The summed E-state index contributed by atoms with van der Waals surface area (Å²) in [5, 5.41) is 13.5. The Morgan fingerprint density at radius 2 is 2.24 bits per heavy atom. The molecule has 0 spiro atoms. The highest BCUT2D eigenvalue weighted by Gasteiger charge is 2.11. The lowest BCUT2D eigenvalue weighted by atomic mass is 10.1. The van der Waals surface area contributed by atoms with Crippen molar-refractivity contribution >= 4 is 0 Å². The van der Waals surface area contributed by atoms with Crippen LogP contribution in [-0.2, 0) is 7.05 Å². The van der Waals surface area contributed by atoms with Crippen molar-refractivity contribution < 1.29 is 14.2 Å². The Balaban J connectivity index is 2.32. The number of aromatic nitrogens is 2. The van der Waals surface area contributed by atoms with Gasteiger partial charge in [0.05, 0.1) is 18.5 Å². The molecule has 2 rings (SSSR count). The molecule has 0 aliphatic rings. The van der Waals surface area contributed by atoms with Gasteiger partial charge in [-0.15, -0.1) is 0 Å². The number of hydrogen-bond acceptors (Lipinski definition) is 3. The predicted molar refractivity (Wildman–Crippen MR) is 60.3 cm³/mol. The summed E-state index contributed by atoms with van der Waals surface area (Å²) in [6.45, 7) is 1.56. The van der Waals surface area contributed by atoms with Crippen LogP contribution in [0.25, 0.3) is 0 Å². The van der Waals surface area contributed by atoms with Crippen LogP contribution < -0.4 is 4.74 Å². The molecule has 0 bridgehead atoms. The third kappa shape index (κ3) is 2.62. The summed E-state index contributed by atoms with van der Waals surface area (Å²) in [6.07, 6.45) is 2.45. The number of nitrogens with zero attached hydrogens (tertiary/aromatic N) is 2. The highest BCUT2D eigenvalue weighted by Crippen LogP contribution is 2.29. The van der Waals surface area contributed by atoms with E-state index in [-0.39, 0.29) is 0 Å². The molecular weight excluding hydrogens is 223 g/mol. The normalized spacial score (nSPS) is 12.5. The molecule has 0 saturated heterocycles. The molecule has 5 heteroatoms. The number of aryl methyl sites for hydroxylation is 1. The van der Waals surface area contributed by atoms with Crippen molar-refractivity contribution in [2.24, 2.45) is 7.05 Å². The summed E-state index contributed by atoms with van der Waals surface area (Å²) < 4.78 is 20.2. The smallest absolute Gasteiger partial charge is 0.165 e. The Bertz CT molecular complexity index is 523. The molecule has 0 radical (unpaired) electrons. The number of aliphatic hydroxyl groups excluding tert-OH is 1. The third-order valence-corrected chi connectivity index (χ3v) is 2.33. The lowest BCUT2D eigenvalue weighted by Crippen LogP contribution is -1.96. The van der Waals surface area contributed by atoms with E-state index < -0.39 is 11.9 Å². The molecule has 90 valence electrons. The molecule has 4 nitrogen and oxygen atoms in total. The van der Waals surface area contributed by atoms with Gasteiger partial charge in [-0.2, -0.15) is 5.10 Å². The van der Waals surface area contributed by atoms with Gasteiger partial charge in [0.1, 0.15) is 11.6 Å². The van der Waals surface area contributed by atoms with Gasteiger partial charge in [0, 0.05) is 12.6 Å². The molecule has 1 atom stereocenters. The van der Waals surface area contributed by atoms with Gasteiger partial charge in [0.15, 0.2) is 5.75 Å². The minimum Gasteiger partial charge on any atom is -0.454 e. The van der Waals surface area contributed by atoms with Crippen molar-refractivity contribution in [3.63, 3.8) is 0 Å². The van der Waals surface area contributed by atoms with Gasteiger partial charge in [-0.3, -0.25) is 4.68 Å². The summed E-state index contributed by atoms with van der Waals surface area (Å²) in [5.41, 5.74) is 0.411. The summed E-state index contributed by atoms with van der Waals surface area (Å²) in [4.78, 5) is 0. The fraction of sp³-hybridized carbons (Fsp3) is 0.250. The van der Waals surface area contributed by atoms with E-state index in [0.29, 0.717) is 17.1 Å². The Morgan fingerprint density at radius 1 is 1.47 bits per heavy atom. The molecule has 1 heterocycles. The van der Waals surface area contributed by atoms with E-state index in [9.17, 15) is 9.50 Å². The molecule has 0 aliphatic carbocycles. The minimum atomic E-state index is -0.794. The fourth-order valence-electron chi connectivity index (χ4n) is 1.52. The van der Waals surface area contributed by atoms with Crippen LogP contribution in [0, 0.1) is 5.82 Å². The Hall–Kier alpha value is -1.88. The molecular formula is C12H13FN2O2. The van der Waals surface area contributed by atoms with E-state index in [2.05, 4.69) is 5.10 Å². The highest BCUT2D eigenvalue weighted by molar-refractivity contribution is 5.38. The molecule has 1 N–H and O–H groups in total. The van der Waals surface area contributed by atoms with E-state index in [1.807, 2.05) is 0 Å². The molecule has 17 heavy (non-hydrogen) atoms. The van der Waals surface area contributed by atoms with Crippen LogP contribution in [0.4, 0.5) is 4.39 Å². The molecule has 2 aromatic rings. The Kier molecular flexibility index (Phi) is 3.10. The lowest BCUT2D eigenvalue weighted by molar-refractivity contribution is 0.195. The fourth-order valence-corrected chi connectivity index (χ4v) is 1.52.